The number of piperidine rings is 1. The van der Waals surface area contributed by atoms with Crippen molar-refractivity contribution in [2.24, 2.45) is 0 Å². The van der Waals surface area contributed by atoms with Crippen LogP contribution in [0.25, 0.3) is 17.1 Å². The maximum absolute atomic E-state index is 5.85. The van der Waals surface area contributed by atoms with Crippen LogP contribution in [0, 0.1) is 4.77 Å². The zero-order valence-corrected chi connectivity index (χ0v) is 17.7. The van der Waals surface area contributed by atoms with Crippen LogP contribution in [-0.2, 0) is 6.67 Å². The number of rotatable bonds is 6. The van der Waals surface area contributed by atoms with Crippen LogP contribution in [0.15, 0.2) is 48.5 Å². The molecule has 0 unspecified atom stereocenters. The molecule has 0 spiro atoms. The number of methoxy groups -OCH3 is 2. The minimum atomic E-state index is 0.668. The summed E-state index contributed by atoms with van der Waals surface area (Å²) in [6.45, 7) is 2.89. The number of likely N-dealkylation sites (tertiary alicyclic amines) is 1. The predicted octanol–water partition coefficient (Wildman–Crippen LogP) is 4.53. The van der Waals surface area contributed by atoms with Gasteiger partial charge in [-0.05, 0) is 68.5 Å². The Hall–Kier alpha value is -2.64. The fourth-order valence-corrected chi connectivity index (χ4v) is 4.05. The SMILES string of the molecule is COc1ccc(-c2nn(CN3CCCCC3)c(=S)n2-c2ccccc2)cc1OC. The third-order valence-electron chi connectivity index (χ3n) is 5.28. The van der Waals surface area contributed by atoms with Gasteiger partial charge in [-0.25, -0.2) is 4.68 Å². The van der Waals surface area contributed by atoms with E-state index in [4.69, 9.17) is 26.8 Å². The van der Waals surface area contributed by atoms with Crippen LogP contribution >= 0.6 is 12.2 Å². The molecule has 0 saturated carbocycles. The Labute approximate surface area is 176 Å². The molecule has 0 N–H and O–H groups in total. The second-order valence-electron chi connectivity index (χ2n) is 7.17. The van der Waals surface area contributed by atoms with Gasteiger partial charge in [0.25, 0.3) is 0 Å². The number of hydrogen-bond donors (Lipinski definition) is 0. The second kappa shape index (κ2) is 8.80. The van der Waals surface area contributed by atoms with Crippen LogP contribution in [-0.4, -0.2) is 46.6 Å². The van der Waals surface area contributed by atoms with Gasteiger partial charge >= 0.3 is 0 Å². The molecule has 0 radical (unpaired) electrons. The third-order valence-corrected chi connectivity index (χ3v) is 5.67. The first-order valence-corrected chi connectivity index (χ1v) is 10.3. The quantitative estimate of drug-likeness (QED) is 0.559. The van der Waals surface area contributed by atoms with E-state index in [0.29, 0.717) is 22.9 Å². The minimum absolute atomic E-state index is 0.668. The van der Waals surface area contributed by atoms with E-state index in [1.165, 1.54) is 19.3 Å². The van der Waals surface area contributed by atoms with Crippen LogP contribution in [0.3, 0.4) is 0 Å². The molecule has 152 valence electrons. The first-order valence-electron chi connectivity index (χ1n) is 9.91. The van der Waals surface area contributed by atoms with Crippen LogP contribution < -0.4 is 9.47 Å². The largest absolute Gasteiger partial charge is 0.493 e. The summed E-state index contributed by atoms with van der Waals surface area (Å²) in [5.41, 5.74) is 1.92. The average molecular weight is 411 g/mol. The topological polar surface area (TPSA) is 44.5 Å². The Bertz CT molecular complexity index is 1020. The van der Waals surface area contributed by atoms with Crippen molar-refractivity contribution in [2.45, 2.75) is 25.9 Å². The smallest absolute Gasteiger partial charge is 0.204 e. The highest BCUT2D eigenvalue weighted by atomic mass is 32.1. The zero-order valence-electron chi connectivity index (χ0n) is 16.9. The lowest BCUT2D eigenvalue weighted by Gasteiger charge is -2.25. The fraction of sp³-hybridized carbons (Fsp3) is 0.364. The Balaban J connectivity index is 1.81. The lowest BCUT2D eigenvalue weighted by molar-refractivity contribution is 0.172. The van der Waals surface area contributed by atoms with Crippen LogP contribution in [0.4, 0.5) is 0 Å². The van der Waals surface area contributed by atoms with E-state index in [0.717, 1.165) is 30.2 Å². The van der Waals surface area contributed by atoms with Gasteiger partial charge in [0.15, 0.2) is 17.3 Å². The van der Waals surface area contributed by atoms with Gasteiger partial charge in [-0.3, -0.25) is 9.47 Å². The van der Waals surface area contributed by atoms with Crippen LogP contribution in [0.1, 0.15) is 19.3 Å². The maximum Gasteiger partial charge on any atom is 0.204 e. The zero-order chi connectivity index (χ0) is 20.2. The van der Waals surface area contributed by atoms with Crippen LogP contribution in [0.5, 0.6) is 11.5 Å². The Morgan fingerprint density at radius 3 is 2.34 bits per heavy atom. The Morgan fingerprint density at radius 2 is 1.66 bits per heavy atom. The number of benzene rings is 2. The van der Waals surface area contributed by atoms with Gasteiger partial charge in [0, 0.05) is 11.3 Å². The van der Waals surface area contributed by atoms with Crippen molar-refractivity contribution < 1.29 is 9.47 Å². The third kappa shape index (κ3) is 4.06. The molecule has 6 nitrogen and oxygen atoms in total. The lowest BCUT2D eigenvalue weighted by atomic mass is 10.1. The van der Waals surface area contributed by atoms with Gasteiger partial charge in [0.05, 0.1) is 20.9 Å². The summed E-state index contributed by atoms with van der Waals surface area (Å²) in [5.74, 6) is 2.15. The molecule has 1 aliphatic heterocycles. The summed E-state index contributed by atoms with van der Waals surface area (Å²) in [4.78, 5) is 2.42. The van der Waals surface area contributed by atoms with E-state index in [1.54, 1.807) is 14.2 Å². The Morgan fingerprint density at radius 1 is 0.931 bits per heavy atom. The molecule has 1 aliphatic rings. The van der Waals surface area contributed by atoms with Crippen molar-refractivity contribution in [3.63, 3.8) is 0 Å². The molecule has 1 aromatic heterocycles. The van der Waals surface area contributed by atoms with Crippen molar-refractivity contribution in [1.82, 2.24) is 19.2 Å². The van der Waals surface area contributed by atoms with Gasteiger partial charge in [-0.15, -0.1) is 5.10 Å². The normalized spacial score (nSPS) is 14.7. The van der Waals surface area contributed by atoms with Crippen molar-refractivity contribution in [3.8, 4) is 28.6 Å². The summed E-state index contributed by atoms with van der Waals surface area (Å²) in [6.07, 6.45) is 3.77. The fourth-order valence-electron chi connectivity index (χ4n) is 3.76. The van der Waals surface area contributed by atoms with Crippen molar-refractivity contribution in [1.29, 1.82) is 0 Å². The molecule has 2 aromatic carbocycles. The second-order valence-corrected chi connectivity index (χ2v) is 7.53. The molecule has 3 aromatic rings. The molecular formula is C22H26N4O2S. The van der Waals surface area contributed by atoms with Crippen molar-refractivity contribution in [3.05, 3.63) is 53.3 Å². The van der Waals surface area contributed by atoms with E-state index in [1.807, 2.05) is 57.8 Å². The summed E-state index contributed by atoms with van der Waals surface area (Å²) in [5, 5.41) is 4.92. The molecule has 1 fully saturated rings. The lowest BCUT2D eigenvalue weighted by Crippen LogP contribution is -2.32. The highest BCUT2D eigenvalue weighted by Crippen LogP contribution is 2.32. The van der Waals surface area contributed by atoms with Crippen LogP contribution in [0.2, 0.25) is 0 Å². The maximum atomic E-state index is 5.85. The van der Waals surface area contributed by atoms with Gasteiger partial charge in [0.1, 0.15) is 0 Å². The van der Waals surface area contributed by atoms with E-state index < -0.39 is 0 Å². The standard InChI is InChI=1S/C22H26N4O2S/c1-27-19-12-11-17(15-20(19)28-2)21-23-25(16-24-13-7-4-8-14-24)22(29)26(21)18-9-5-3-6-10-18/h3,5-6,9-12,15H,4,7-8,13-14,16H2,1-2H3. The summed E-state index contributed by atoms with van der Waals surface area (Å²) in [6, 6.07) is 16.0. The first-order chi connectivity index (χ1) is 14.2. The predicted molar refractivity (Wildman–Crippen MR) is 116 cm³/mol. The van der Waals surface area contributed by atoms with Gasteiger partial charge < -0.3 is 9.47 Å². The van der Waals surface area contributed by atoms with Gasteiger partial charge in [0.2, 0.25) is 4.77 Å². The molecule has 0 atom stereocenters. The monoisotopic (exact) mass is 410 g/mol. The van der Waals surface area contributed by atoms with E-state index in [2.05, 4.69) is 4.90 Å². The molecule has 0 bridgehead atoms. The molecule has 2 heterocycles. The molecular weight excluding hydrogens is 384 g/mol. The average Bonchev–Trinajstić information content (AvgIpc) is 3.10. The molecule has 0 amide bonds. The molecule has 29 heavy (non-hydrogen) atoms. The van der Waals surface area contributed by atoms with E-state index in [9.17, 15) is 0 Å². The summed E-state index contributed by atoms with van der Waals surface area (Å²) in [7, 11) is 3.27. The first kappa shape index (κ1) is 19.7. The number of hydrogen-bond acceptors (Lipinski definition) is 5. The number of aromatic nitrogens is 3. The molecule has 1 saturated heterocycles. The Kier molecular flexibility index (Phi) is 5.97. The van der Waals surface area contributed by atoms with Gasteiger partial charge in [-0.1, -0.05) is 24.6 Å². The highest BCUT2D eigenvalue weighted by Gasteiger charge is 2.18. The summed E-state index contributed by atoms with van der Waals surface area (Å²) < 4.78 is 15.5. The molecule has 7 heteroatoms. The summed E-state index contributed by atoms with van der Waals surface area (Å²) >= 11 is 5.85. The number of nitrogens with zero attached hydrogens (tertiary/aromatic N) is 4. The highest BCUT2D eigenvalue weighted by molar-refractivity contribution is 7.71. The van der Waals surface area contributed by atoms with Crippen molar-refractivity contribution in [2.75, 3.05) is 27.3 Å². The van der Waals surface area contributed by atoms with Gasteiger partial charge in [-0.2, -0.15) is 0 Å². The van der Waals surface area contributed by atoms with E-state index in [-0.39, 0.29) is 0 Å². The number of ether oxygens (including phenoxy) is 2. The molecule has 4 rings (SSSR count). The number of para-hydroxylation sites is 1. The molecule has 0 aliphatic carbocycles. The van der Waals surface area contributed by atoms with E-state index >= 15 is 0 Å². The minimum Gasteiger partial charge on any atom is -0.493 e. The van der Waals surface area contributed by atoms with Crippen molar-refractivity contribution >= 4 is 12.2 Å².